The second-order valence-electron chi connectivity index (χ2n) is 8.73. The third kappa shape index (κ3) is 3.85. The van der Waals surface area contributed by atoms with Gasteiger partial charge in [-0.25, -0.2) is 4.98 Å². The molecule has 3 aromatic rings. The Morgan fingerprint density at radius 2 is 1.80 bits per heavy atom. The van der Waals surface area contributed by atoms with E-state index in [-0.39, 0.29) is 11.0 Å². The fourth-order valence-corrected chi connectivity index (χ4v) is 5.24. The summed E-state index contributed by atoms with van der Waals surface area (Å²) < 4.78 is 1.93. The van der Waals surface area contributed by atoms with Crippen LogP contribution in [0.25, 0.3) is 11.3 Å². The van der Waals surface area contributed by atoms with Gasteiger partial charge >= 0.3 is 0 Å². The molecule has 0 bridgehead atoms. The Labute approximate surface area is 183 Å². The van der Waals surface area contributed by atoms with E-state index in [0.29, 0.717) is 11.8 Å². The molecule has 0 spiro atoms. The maximum Gasteiger partial charge on any atom is 0.258 e. The lowest BCUT2D eigenvalue weighted by atomic mass is 9.69. The summed E-state index contributed by atoms with van der Waals surface area (Å²) >= 11 is 1.68. The quantitative estimate of drug-likeness (QED) is 0.370. The van der Waals surface area contributed by atoms with Crippen molar-refractivity contribution in [2.24, 2.45) is 0 Å². The lowest BCUT2D eigenvalue weighted by Crippen LogP contribution is -2.40. The minimum atomic E-state index is -0.191. The monoisotopic (exact) mass is 418 g/mol. The molecule has 3 nitrogen and oxygen atoms in total. The normalized spacial score (nSPS) is 17.6. The van der Waals surface area contributed by atoms with E-state index in [1.165, 1.54) is 11.1 Å². The molecule has 156 valence electrons. The van der Waals surface area contributed by atoms with Crippen LogP contribution in [-0.2, 0) is 24.8 Å². The fraction of sp³-hybridized carbons (Fsp3) is 0.385. The smallest absolute Gasteiger partial charge is 0.258 e. The molecule has 1 aliphatic carbocycles. The number of thioether (sulfide) groups is 1. The van der Waals surface area contributed by atoms with Crippen LogP contribution in [0.2, 0.25) is 0 Å². The lowest BCUT2D eigenvalue weighted by Gasteiger charge is -2.36. The zero-order valence-electron chi connectivity index (χ0n) is 18.3. The van der Waals surface area contributed by atoms with Gasteiger partial charge in [0, 0.05) is 22.8 Å². The Morgan fingerprint density at radius 3 is 2.50 bits per heavy atom. The number of hydrogen-bond donors (Lipinski definition) is 0. The predicted molar refractivity (Wildman–Crippen MR) is 126 cm³/mol. The number of aryl methyl sites for hydroxylation is 1. The van der Waals surface area contributed by atoms with Crippen molar-refractivity contribution in [3.05, 3.63) is 81.6 Å². The molecule has 1 aliphatic rings. The van der Waals surface area contributed by atoms with E-state index in [1.807, 2.05) is 10.6 Å². The van der Waals surface area contributed by atoms with Crippen molar-refractivity contribution in [3.63, 3.8) is 0 Å². The van der Waals surface area contributed by atoms with Gasteiger partial charge in [0.15, 0.2) is 5.16 Å². The van der Waals surface area contributed by atoms with Gasteiger partial charge in [-0.2, -0.15) is 0 Å². The molecule has 1 atom stereocenters. The van der Waals surface area contributed by atoms with E-state index in [1.54, 1.807) is 11.8 Å². The van der Waals surface area contributed by atoms with Crippen LogP contribution in [0, 0.1) is 0 Å². The summed E-state index contributed by atoms with van der Waals surface area (Å²) in [6.07, 6.45) is 2.63. The highest BCUT2D eigenvalue weighted by atomic mass is 32.2. The largest absolute Gasteiger partial charge is 0.287 e. The molecule has 4 rings (SSSR count). The zero-order valence-corrected chi connectivity index (χ0v) is 19.1. The van der Waals surface area contributed by atoms with E-state index in [0.717, 1.165) is 41.2 Å². The highest BCUT2D eigenvalue weighted by molar-refractivity contribution is 7.99. The van der Waals surface area contributed by atoms with Crippen molar-refractivity contribution >= 4 is 11.8 Å². The molecule has 0 saturated carbocycles. The first-order valence-electron chi connectivity index (χ1n) is 10.9. The van der Waals surface area contributed by atoms with Crippen molar-refractivity contribution in [1.29, 1.82) is 0 Å². The molecule has 0 amide bonds. The highest BCUT2D eigenvalue weighted by Gasteiger charge is 2.38. The Balaban J connectivity index is 1.89. The number of nitrogens with zero attached hydrogens (tertiary/aromatic N) is 2. The fourth-order valence-electron chi connectivity index (χ4n) is 4.37. The minimum absolute atomic E-state index is 0.137. The second kappa shape index (κ2) is 8.43. The third-order valence-electron chi connectivity index (χ3n) is 6.18. The van der Waals surface area contributed by atoms with Crippen molar-refractivity contribution in [2.45, 2.75) is 69.3 Å². The van der Waals surface area contributed by atoms with Gasteiger partial charge in [0.2, 0.25) is 0 Å². The van der Waals surface area contributed by atoms with Gasteiger partial charge < -0.3 is 0 Å². The molecule has 2 aromatic carbocycles. The molecule has 0 N–H and O–H groups in total. The van der Waals surface area contributed by atoms with Gasteiger partial charge in [0.1, 0.15) is 0 Å². The van der Waals surface area contributed by atoms with E-state index in [9.17, 15) is 4.79 Å². The van der Waals surface area contributed by atoms with Crippen molar-refractivity contribution in [3.8, 4) is 11.3 Å². The molecule has 4 heteroatoms. The average Bonchev–Trinajstić information content (AvgIpc) is 2.73. The summed E-state index contributed by atoms with van der Waals surface area (Å²) in [5, 5.41) is 1.19. The maximum atomic E-state index is 13.9. The lowest BCUT2D eigenvalue weighted by molar-refractivity contribution is 0.427. The van der Waals surface area contributed by atoms with E-state index < -0.39 is 0 Å². The number of hydrogen-bond acceptors (Lipinski definition) is 3. The topological polar surface area (TPSA) is 34.9 Å². The van der Waals surface area contributed by atoms with Gasteiger partial charge in [-0.15, -0.1) is 0 Å². The van der Waals surface area contributed by atoms with Gasteiger partial charge in [0.05, 0.1) is 11.3 Å². The Morgan fingerprint density at radius 1 is 1.10 bits per heavy atom. The van der Waals surface area contributed by atoms with Crippen LogP contribution in [0.15, 0.2) is 64.5 Å². The van der Waals surface area contributed by atoms with Crippen molar-refractivity contribution < 1.29 is 0 Å². The summed E-state index contributed by atoms with van der Waals surface area (Å²) in [6, 6.07) is 18.8. The van der Waals surface area contributed by atoms with Gasteiger partial charge in [0.25, 0.3) is 5.56 Å². The minimum Gasteiger partial charge on any atom is -0.287 e. The Kier molecular flexibility index (Phi) is 5.88. The van der Waals surface area contributed by atoms with Gasteiger partial charge in [-0.05, 0) is 30.4 Å². The highest BCUT2D eigenvalue weighted by Crippen LogP contribution is 2.43. The van der Waals surface area contributed by atoms with Crippen LogP contribution in [-0.4, -0.2) is 14.8 Å². The van der Waals surface area contributed by atoms with Crippen LogP contribution < -0.4 is 5.56 Å². The van der Waals surface area contributed by atoms with E-state index >= 15 is 0 Å². The first-order valence-corrected chi connectivity index (χ1v) is 11.7. The van der Waals surface area contributed by atoms with Crippen LogP contribution in [0.5, 0.6) is 0 Å². The molecule has 1 heterocycles. The molecular formula is C26H30N2OS. The number of aromatic nitrogens is 2. The first-order chi connectivity index (χ1) is 14.4. The first kappa shape index (κ1) is 20.9. The average molecular weight is 419 g/mol. The molecule has 30 heavy (non-hydrogen) atoms. The van der Waals surface area contributed by atoms with Gasteiger partial charge in [-0.1, -0.05) is 94.1 Å². The maximum absolute atomic E-state index is 13.9. The number of benzene rings is 2. The summed E-state index contributed by atoms with van der Waals surface area (Å²) in [4.78, 5) is 19.1. The predicted octanol–water partition coefficient (Wildman–Crippen LogP) is 5.88. The summed E-state index contributed by atoms with van der Waals surface area (Å²) in [5.41, 5.74) is 5.39. The van der Waals surface area contributed by atoms with Crippen LogP contribution in [0.3, 0.4) is 0 Å². The third-order valence-corrected chi connectivity index (χ3v) is 7.17. The zero-order chi connectivity index (χ0) is 21.3. The Hall–Kier alpha value is -2.33. The number of rotatable bonds is 6. The SMILES string of the molecule is CCC1(C)Cc2ccccc2-c2nc(SC(C)C)n(CCc3ccccc3)c(=O)c21. The molecule has 1 aromatic heterocycles. The van der Waals surface area contributed by atoms with Crippen LogP contribution in [0.1, 0.15) is 50.8 Å². The summed E-state index contributed by atoms with van der Waals surface area (Å²) in [5.74, 6) is 0. The van der Waals surface area contributed by atoms with E-state index in [4.69, 9.17) is 4.98 Å². The van der Waals surface area contributed by atoms with Crippen LogP contribution >= 0.6 is 11.8 Å². The molecule has 0 aliphatic heterocycles. The Bertz CT molecular complexity index is 1100. The van der Waals surface area contributed by atoms with E-state index in [2.05, 4.69) is 76.2 Å². The number of fused-ring (bicyclic) bond motifs is 3. The van der Waals surface area contributed by atoms with Crippen LogP contribution in [0.4, 0.5) is 0 Å². The summed E-state index contributed by atoms with van der Waals surface area (Å²) in [7, 11) is 0. The van der Waals surface area contributed by atoms with Gasteiger partial charge in [-0.3, -0.25) is 9.36 Å². The standard InChI is InChI=1S/C26H30N2OS/c1-5-26(4)17-20-13-9-10-14-21(20)23-22(26)24(29)28(25(27-23)30-18(2)3)16-15-19-11-7-6-8-12-19/h6-14,18H,5,15-17H2,1-4H3. The molecule has 0 fully saturated rings. The molecule has 0 saturated heterocycles. The molecule has 0 radical (unpaired) electrons. The van der Waals surface area contributed by atoms with Crippen molar-refractivity contribution in [1.82, 2.24) is 9.55 Å². The second-order valence-corrected chi connectivity index (χ2v) is 10.3. The molecular weight excluding hydrogens is 388 g/mol. The molecule has 1 unspecified atom stereocenters. The summed E-state index contributed by atoms with van der Waals surface area (Å²) in [6.45, 7) is 9.37. The van der Waals surface area contributed by atoms with Crippen molar-refractivity contribution in [2.75, 3.05) is 0 Å².